The van der Waals surface area contributed by atoms with Gasteiger partial charge in [-0.25, -0.2) is 0 Å². The summed E-state index contributed by atoms with van der Waals surface area (Å²) < 4.78 is 5.68. The summed E-state index contributed by atoms with van der Waals surface area (Å²) >= 11 is 0. The van der Waals surface area contributed by atoms with E-state index in [0.29, 0.717) is 19.6 Å². The molecule has 0 spiro atoms. The highest BCUT2D eigenvalue weighted by atomic mass is 16.5. The van der Waals surface area contributed by atoms with Crippen molar-refractivity contribution >= 4 is 5.91 Å². The summed E-state index contributed by atoms with van der Waals surface area (Å²) in [5, 5.41) is 0. The summed E-state index contributed by atoms with van der Waals surface area (Å²) in [6.45, 7) is 7.27. The van der Waals surface area contributed by atoms with Crippen molar-refractivity contribution in [1.82, 2.24) is 4.90 Å². The third kappa shape index (κ3) is 2.67. The molecule has 1 unspecified atom stereocenters. The van der Waals surface area contributed by atoms with Crippen molar-refractivity contribution in [3.8, 4) is 0 Å². The highest BCUT2D eigenvalue weighted by Gasteiger charge is 2.33. The second-order valence-electron chi connectivity index (χ2n) is 4.13. The van der Waals surface area contributed by atoms with Crippen molar-refractivity contribution < 1.29 is 9.53 Å². The Morgan fingerprint density at radius 1 is 1.69 bits per heavy atom. The number of carbonyl (C=O) groups is 1. The molecule has 0 aromatic rings. The SMILES string of the molecule is CC(=O)N1CC(CN)OC(C)(C)C1. The fraction of sp³-hybridized carbons (Fsp3) is 0.889. The van der Waals surface area contributed by atoms with Crippen LogP contribution in [0.1, 0.15) is 20.8 Å². The fourth-order valence-electron chi connectivity index (χ4n) is 1.66. The molecule has 1 aliphatic heterocycles. The van der Waals surface area contributed by atoms with Crippen molar-refractivity contribution in [2.24, 2.45) is 5.73 Å². The van der Waals surface area contributed by atoms with E-state index in [0.717, 1.165) is 0 Å². The van der Waals surface area contributed by atoms with E-state index in [9.17, 15) is 4.79 Å². The van der Waals surface area contributed by atoms with Crippen LogP contribution in [0, 0.1) is 0 Å². The van der Waals surface area contributed by atoms with Crippen LogP contribution in [-0.2, 0) is 9.53 Å². The predicted molar refractivity (Wildman–Crippen MR) is 50.3 cm³/mol. The molecule has 1 saturated heterocycles. The van der Waals surface area contributed by atoms with Gasteiger partial charge in [-0.2, -0.15) is 0 Å². The largest absolute Gasteiger partial charge is 0.367 e. The maximum Gasteiger partial charge on any atom is 0.219 e. The predicted octanol–water partition coefficient (Wildman–Crippen LogP) is -0.0290. The Bertz CT molecular complexity index is 204. The number of morpholine rings is 1. The minimum Gasteiger partial charge on any atom is -0.367 e. The molecule has 1 atom stereocenters. The molecule has 13 heavy (non-hydrogen) atoms. The lowest BCUT2D eigenvalue weighted by Crippen LogP contribution is -2.55. The average molecular weight is 186 g/mol. The van der Waals surface area contributed by atoms with Gasteiger partial charge < -0.3 is 15.4 Å². The van der Waals surface area contributed by atoms with E-state index in [2.05, 4.69) is 0 Å². The molecule has 76 valence electrons. The van der Waals surface area contributed by atoms with Crippen molar-refractivity contribution in [3.05, 3.63) is 0 Å². The monoisotopic (exact) mass is 186 g/mol. The summed E-state index contributed by atoms with van der Waals surface area (Å²) in [7, 11) is 0. The van der Waals surface area contributed by atoms with Gasteiger partial charge in [-0.15, -0.1) is 0 Å². The zero-order valence-corrected chi connectivity index (χ0v) is 8.54. The molecule has 1 rings (SSSR count). The third-order valence-electron chi connectivity index (χ3n) is 2.19. The van der Waals surface area contributed by atoms with Crippen molar-refractivity contribution in [1.29, 1.82) is 0 Å². The molecular weight excluding hydrogens is 168 g/mol. The van der Waals surface area contributed by atoms with E-state index in [1.807, 2.05) is 13.8 Å². The lowest BCUT2D eigenvalue weighted by molar-refractivity contribution is -0.157. The summed E-state index contributed by atoms with van der Waals surface area (Å²) in [6, 6.07) is 0. The quantitative estimate of drug-likeness (QED) is 0.625. The first kappa shape index (κ1) is 10.5. The average Bonchev–Trinajstić information content (AvgIpc) is 2.01. The van der Waals surface area contributed by atoms with Crippen LogP contribution >= 0.6 is 0 Å². The second kappa shape index (κ2) is 3.64. The number of nitrogens with two attached hydrogens (primary N) is 1. The van der Waals surface area contributed by atoms with E-state index in [1.165, 1.54) is 0 Å². The van der Waals surface area contributed by atoms with Crippen LogP contribution in [0.15, 0.2) is 0 Å². The van der Waals surface area contributed by atoms with Crippen LogP contribution in [0.5, 0.6) is 0 Å². The van der Waals surface area contributed by atoms with Gasteiger partial charge in [0, 0.05) is 26.6 Å². The zero-order chi connectivity index (χ0) is 10.1. The smallest absolute Gasteiger partial charge is 0.219 e. The Kier molecular flexibility index (Phi) is 2.93. The van der Waals surface area contributed by atoms with Crippen LogP contribution < -0.4 is 5.73 Å². The summed E-state index contributed by atoms with van der Waals surface area (Å²) in [4.78, 5) is 13.0. The Morgan fingerprint density at radius 3 is 2.77 bits per heavy atom. The molecule has 0 aromatic carbocycles. The Morgan fingerprint density at radius 2 is 2.31 bits per heavy atom. The minimum atomic E-state index is -0.270. The second-order valence-corrected chi connectivity index (χ2v) is 4.13. The van der Waals surface area contributed by atoms with E-state index in [4.69, 9.17) is 10.5 Å². The van der Waals surface area contributed by atoms with Gasteiger partial charge >= 0.3 is 0 Å². The molecule has 0 saturated carbocycles. The number of amides is 1. The molecule has 1 heterocycles. The number of ether oxygens (including phenoxy) is 1. The molecule has 1 aliphatic rings. The number of nitrogens with zero attached hydrogens (tertiary/aromatic N) is 1. The van der Waals surface area contributed by atoms with Gasteiger partial charge in [-0.1, -0.05) is 0 Å². The first-order chi connectivity index (χ1) is 5.94. The molecule has 0 aromatic heterocycles. The normalized spacial score (nSPS) is 27.4. The lowest BCUT2D eigenvalue weighted by atomic mass is 10.1. The Labute approximate surface area is 79.0 Å². The van der Waals surface area contributed by atoms with Crippen molar-refractivity contribution in [3.63, 3.8) is 0 Å². The van der Waals surface area contributed by atoms with Gasteiger partial charge in [0.2, 0.25) is 5.91 Å². The number of carbonyl (C=O) groups excluding carboxylic acids is 1. The van der Waals surface area contributed by atoms with Crippen LogP contribution in [0.4, 0.5) is 0 Å². The maximum absolute atomic E-state index is 11.2. The summed E-state index contributed by atoms with van der Waals surface area (Å²) in [5.41, 5.74) is 5.25. The molecule has 0 aliphatic carbocycles. The highest BCUT2D eigenvalue weighted by molar-refractivity contribution is 5.73. The molecule has 0 radical (unpaired) electrons. The zero-order valence-electron chi connectivity index (χ0n) is 8.54. The van der Waals surface area contributed by atoms with Crippen LogP contribution in [0.2, 0.25) is 0 Å². The highest BCUT2D eigenvalue weighted by Crippen LogP contribution is 2.20. The number of hydrogen-bond acceptors (Lipinski definition) is 3. The van der Waals surface area contributed by atoms with Crippen LogP contribution in [0.25, 0.3) is 0 Å². The van der Waals surface area contributed by atoms with Gasteiger partial charge in [0.15, 0.2) is 0 Å². The van der Waals surface area contributed by atoms with Gasteiger partial charge in [0.1, 0.15) is 0 Å². The van der Waals surface area contributed by atoms with E-state index in [1.54, 1.807) is 11.8 Å². The number of hydrogen-bond donors (Lipinski definition) is 1. The first-order valence-electron chi connectivity index (χ1n) is 4.58. The Balaban J connectivity index is 2.65. The fourth-order valence-corrected chi connectivity index (χ4v) is 1.66. The standard InChI is InChI=1S/C9H18N2O2/c1-7(12)11-5-8(4-10)13-9(2,3)6-11/h8H,4-6,10H2,1-3H3. The van der Waals surface area contributed by atoms with Gasteiger partial charge in [0.05, 0.1) is 11.7 Å². The molecule has 2 N–H and O–H groups in total. The molecule has 1 fully saturated rings. The molecule has 0 bridgehead atoms. The van der Waals surface area contributed by atoms with Gasteiger partial charge in [-0.05, 0) is 13.8 Å². The number of rotatable bonds is 1. The molecule has 1 amide bonds. The maximum atomic E-state index is 11.2. The van der Waals surface area contributed by atoms with Gasteiger partial charge in [0.25, 0.3) is 0 Å². The minimum absolute atomic E-state index is 0.0207. The van der Waals surface area contributed by atoms with Crippen LogP contribution in [-0.4, -0.2) is 42.1 Å². The van der Waals surface area contributed by atoms with E-state index >= 15 is 0 Å². The summed E-state index contributed by atoms with van der Waals surface area (Å²) in [6.07, 6.45) is -0.0207. The topological polar surface area (TPSA) is 55.6 Å². The first-order valence-corrected chi connectivity index (χ1v) is 4.58. The molecule has 4 nitrogen and oxygen atoms in total. The summed E-state index contributed by atoms with van der Waals surface area (Å²) in [5.74, 6) is 0.0924. The van der Waals surface area contributed by atoms with Crippen molar-refractivity contribution in [2.45, 2.75) is 32.5 Å². The van der Waals surface area contributed by atoms with E-state index in [-0.39, 0.29) is 17.6 Å². The van der Waals surface area contributed by atoms with Crippen LogP contribution in [0.3, 0.4) is 0 Å². The lowest BCUT2D eigenvalue weighted by Gasteiger charge is -2.42. The third-order valence-corrected chi connectivity index (χ3v) is 2.19. The molecule has 4 heteroatoms. The van der Waals surface area contributed by atoms with E-state index < -0.39 is 0 Å². The Hall–Kier alpha value is -0.610. The molecular formula is C9H18N2O2. The van der Waals surface area contributed by atoms with Gasteiger partial charge in [-0.3, -0.25) is 4.79 Å². The van der Waals surface area contributed by atoms with Crippen molar-refractivity contribution in [2.75, 3.05) is 19.6 Å².